The molecule has 128 valence electrons. The minimum absolute atomic E-state index is 0.0644. The molecule has 0 aromatic heterocycles. The summed E-state index contributed by atoms with van der Waals surface area (Å²) in [7, 11) is 0. The van der Waals surface area contributed by atoms with Crippen molar-refractivity contribution < 1.29 is 14.4 Å². The summed E-state index contributed by atoms with van der Waals surface area (Å²) < 4.78 is 0. The van der Waals surface area contributed by atoms with Crippen LogP contribution >= 0.6 is 0 Å². The number of carbonyl (C=O) groups excluding carboxylic acids is 3. The lowest BCUT2D eigenvalue weighted by atomic mass is 9.96. The molecular weight excluding hydrogens is 296 g/mol. The molecule has 1 unspecified atom stereocenters. The monoisotopic (exact) mass is 322 g/mol. The Morgan fingerprint density at radius 2 is 1.74 bits per heavy atom. The highest BCUT2D eigenvalue weighted by Gasteiger charge is 2.50. The lowest BCUT2D eigenvalue weighted by Crippen LogP contribution is -2.54. The first-order chi connectivity index (χ1) is 11.0. The summed E-state index contributed by atoms with van der Waals surface area (Å²) >= 11 is 0. The van der Waals surface area contributed by atoms with Crippen LogP contribution in [-0.2, 0) is 9.59 Å². The van der Waals surface area contributed by atoms with Crippen LogP contribution in [0.2, 0.25) is 0 Å². The van der Waals surface area contributed by atoms with Crippen LogP contribution in [0.5, 0.6) is 0 Å². The molecule has 23 heavy (non-hydrogen) atoms. The summed E-state index contributed by atoms with van der Waals surface area (Å²) in [5.74, 6) is -0.868. The van der Waals surface area contributed by atoms with Crippen molar-refractivity contribution >= 4 is 17.8 Å². The van der Waals surface area contributed by atoms with E-state index in [1.807, 2.05) is 0 Å². The van der Waals surface area contributed by atoms with Gasteiger partial charge in [0.2, 0.25) is 11.8 Å². The van der Waals surface area contributed by atoms with Gasteiger partial charge in [0.1, 0.15) is 5.54 Å². The number of hydrogen-bond acceptors (Lipinski definition) is 3. The van der Waals surface area contributed by atoms with Crippen molar-refractivity contribution in [2.75, 3.05) is 13.1 Å². The van der Waals surface area contributed by atoms with Crippen molar-refractivity contribution in [2.24, 2.45) is 11.7 Å². The van der Waals surface area contributed by atoms with Crippen LogP contribution in [0.4, 0.5) is 4.79 Å². The number of likely N-dealkylation sites (tertiary alicyclic amines) is 1. The Bertz CT molecular complexity index is 498. The van der Waals surface area contributed by atoms with E-state index in [1.165, 1.54) is 12.8 Å². The van der Waals surface area contributed by atoms with Gasteiger partial charge in [-0.2, -0.15) is 0 Å². The zero-order valence-corrected chi connectivity index (χ0v) is 13.5. The Kier molecular flexibility index (Phi) is 4.46. The highest BCUT2D eigenvalue weighted by molar-refractivity contribution is 5.93. The van der Waals surface area contributed by atoms with Gasteiger partial charge in [0, 0.05) is 19.1 Å². The molecule has 0 aromatic rings. The standard InChI is InChI=1S/C16H26N4O3/c17-14(22)16(7-8-16)19-13(21)11-4-3-9-20(10-11)15(23)18-12-5-1-2-6-12/h11-12H,1-10H2,(H2,17,22)(H,18,23)(H,19,21). The van der Waals surface area contributed by atoms with Crippen LogP contribution in [0, 0.1) is 5.92 Å². The molecule has 7 heteroatoms. The molecule has 4 N–H and O–H groups in total. The molecule has 0 bridgehead atoms. The minimum Gasteiger partial charge on any atom is -0.368 e. The SMILES string of the molecule is NC(=O)C1(NC(=O)C2CCCN(C(=O)NC3CCCC3)C2)CC1. The van der Waals surface area contributed by atoms with Gasteiger partial charge in [-0.3, -0.25) is 9.59 Å². The molecule has 1 atom stereocenters. The fraction of sp³-hybridized carbons (Fsp3) is 0.812. The predicted molar refractivity (Wildman–Crippen MR) is 84.4 cm³/mol. The van der Waals surface area contributed by atoms with Gasteiger partial charge in [0.15, 0.2) is 0 Å². The van der Waals surface area contributed by atoms with E-state index in [0.717, 1.165) is 25.7 Å². The van der Waals surface area contributed by atoms with Gasteiger partial charge < -0.3 is 21.3 Å². The third kappa shape index (κ3) is 3.59. The van der Waals surface area contributed by atoms with E-state index in [2.05, 4.69) is 10.6 Å². The number of carbonyl (C=O) groups is 3. The molecule has 0 aromatic carbocycles. The van der Waals surface area contributed by atoms with E-state index in [0.29, 0.717) is 25.9 Å². The summed E-state index contributed by atoms with van der Waals surface area (Å²) in [6.07, 6.45) is 7.22. The fourth-order valence-corrected chi connectivity index (χ4v) is 3.61. The molecule has 3 rings (SSSR count). The highest BCUT2D eigenvalue weighted by Crippen LogP contribution is 2.35. The van der Waals surface area contributed by atoms with Crippen molar-refractivity contribution in [3.05, 3.63) is 0 Å². The van der Waals surface area contributed by atoms with Crippen LogP contribution in [0.3, 0.4) is 0 Å². The highest BCUT2D eigenvalue weighted by atomic mass is 16.2. The lowest BCUT2D eigenvalue weighted by molar-refractivity contribution is -0.131. The topological polar surface area (TPSA) is 105 Å². The Labute approximate surface area is 136 Å². The second-order valence-electron chi connectivity index (χ2n) is 7.15. The summed E-state index contributed by atoms with van der Waals surface area (Å²) in [6, 6.07) is 0.215. The first-order valence-corrected chi connectivity index (χ1v) is 8.67. The maximum Gasteiger partial charge on any atom is 0.317 e. The van der Waals surface area contributed by atoms with Crippen LogP contribution in [0.15, 0.2) is 0 Å². The predicted octanol–water partition coefficient (Wildman–Crippen LogP) is 0.485. The molecule has 7 nitrogen and oxygen atoms in total. The Hall–Kier alpha value is -1.79. The van der Waals surface area contributed by atoms with E-state index < -0.39 is 11.4 Å². The van der Waals surface area contributed by atoms with Crippen LogP contribution in [0.25, 0.3) is 0 Å². The van der Waals surface area contributed by atoms with Crippen LogP contribution in [-0.4, -0.2) is 47.4 Å². The molecule has 1 aliphatic heterocycles. The van der Waals surface area contributed by atoms with Crippen LogP contribution < -0.4 is 16.4 Å². The minimum atomic E-state index is -0.828. The zero-order valence-electron chi connectivity index (χ0n) is 13.5. The van der Waals surface area contributed by atoms with Crippen molar-refractivity contribution in [1.82, 2.24) is 15.5 Å². The number of urea groups is 1. The Balaban J connectivity index is 1.52. The fourth-order valence-electron chi connectivity index (χ4n) is 3.61. The van der Waals surface area contributed by atoms with Gasteiger partial charge in [-0.15, -0.1) is 0 Å². The lowest BCUT2D eigenvalue weighted by Gasteiger charge is -2.33. The zero-order chi connectivity index (χ0) is 16.4. The summed E-state index contributed by atoms with van der Waals surface area (Å²) in [4.78, 5) is 37.9. The van der Waals surface area contributed by atoms with Crippen molar-refractivity contribution in [1.29, 1.82) is 0 Å². The van der Waals surface area contributed by atoms with Gasteiger partial charge in [0.05, 0.1) is 5.92 Å². The second kappa shape index (κ2) is 6.37. The maximum atomic E-state index is 12.4. The molecule has 3 fully saturated rings. The smallest absolute Gasteiger partial charge is 0.317 e. The molecule has 3 aliphatic rings. The van der Waals surface area contributed by atoms with Gasteiger partial charge in [-0.25, -0.2) is 4.79 Å². The Morgan fingerprint density at radius 1 is 1.04 bits per heavy atom. The average molecular weight is 322 g/mol. The number of nitrogens with one attached hydrogen (secondary N) is 2. The number of hydrogen-bond donors (Lipinski definition) is 3. The van der Waals surface area contributed by atoms with E-state index >= 15 is 0 Å². The van der Waals surface area contributed by atoms with E-state index in [1.54, 1.807) is 4.90 Å². The summed E-state index contributed by atoms with van der Waals surface area (Å²) in [6.45, 7) is 1.10. The number of piperidine rings is 1. The second-order valence-corrected chi connectivity index (χ2v) is 7.15. The van der Waals surface area contributed by atoms with Crippen molar-refractivity contribution in [3.63, 3.8) is 0 Å². The molecule has 1 heterocycles. The van der Waals surface area contributed by atoms with Gasteiger partial charge in [-0.1, -0.05) is 12.8 Å². The van der Waals surface area contributed by atoms with Gasteiger partial charge in [-0.05, 0) is 38.5 Å². The molecule has 4 amide bonds. The summed E-state index contributed by atoms with van der Waals surface area (Å²) in [5, 5.41) is 5.87. The molecule has 0 spiro atoms. The van der Waals surface area contributed by atoms with Crippen LogP contribution in [0.1, 0.15) is 51.4 Å². The van der Waals surface area contributed by atoms with Gasteiger partial charge in [0.25, 0.3) is 0 Å². The molecule has 2 aliphatic carbocycles. The quantitative estimate of drug-likeness (QED) is 0.701. The number of nitrogens with two attached hydrogens (primary N) is 1. The average Bonchev–Trinajstić information content (AvgIpc) is 3.15. The third-order valence-corrected chi connectivity index (χ3v) is 5.35. The maximum absolute atomic E-state index is 12.4. The van der Waals surface area contributed by atoms with Crippen molar-refractivity contribution in [3.8, 4) is 0 Å². The molecule has 2 saturated carbocycles. The van der Waals surface area contributed by atoms with Gasteiger partial charge >= 0.3 is 6.03 Å². The molecule has 0 radical (unpaired) electrons. The number of rotatable bonds is 4. The number of primary amides is 1. The number of nitrogens with zero attached hydrogens (tertiary/aromatic N) is 1. The van der Waals surface area contributed by atoms with E-state index in [9.17, 15) is 14.4 Å². The summed E-state index contributed by atoms with van der Waals surface area (Å²) in [5.41, 5.74) is 4.52. The molecule has 1 saturated heterocycles. The van der Waals surface area contributed by atoms with E-state index in [4.69, 9.17) is 5.73 Å². The number of amides is 4. The normalized spacial score (nSPS) is 26.6. The first-order valence-electron chi connectivity index (χ1n) is 8.67. The molecular formula is C16H26N4O3. The largest absolute Gasteiger partial charge is 0.368 e. The third-order valence-electron chi connectivity index (χ3n) is 5.35. The van der Waals surface area contributed by atoms with Crippen molar-refractivity contribution in [2.45, 2.75) is 62.9 Å². The first kappa shape index (κ1) is 16.1. The van der Waals surface area contributed by atoms with E-state index in [-0.39, 0.29) is 23.9 Å². The Morgan fingerprint density at radius 3 is 2.35 bits per heavy atom.